The van der Waals surface area contributed by atoms with Crippen LogP contribution in [0.3, 0.4) is 0 Å². The number of fused-ring (bicyclic) bond motifs is 2. The highest BCUT2D eigenvalue weighted by molar-refractivity contribution is 7.10. The van der Waals surface area contributed by atoms with Gasteiger partial charge < -0.3 is 19.7 Å². The molecule has 3 heterocycles. The normalized spacial score (nSPS) is 19.9. The van der Waals surface area contributed by atoms with E-state index in [1.807, 2.05) is 35.7 Å². The molecule has 2 atom stereocenters. The van der Waals surface area contributed by atoms with Crippen molar-refractivity contribution >= 4 is 28.8 Å². The molecule has 5 rings (SSSR count). The molecule has 1 N–H and O–H groups in total. The van der Waals surface area contributed by atoms with E-state index in [2.05, 4.69) is 5.32 Å². The maximum absolute atomic E-state index is 13.5. The van der Waals surface area contributed by atoms with Crippen LogP contribution in [0.25, 0.3) is 0 Å². The number of carbonyl (C=O) groups is 2. The molecule has 7 heteroatoms. The summed E-state index contributed by atoms with van der Waals surface area (Å²) in [6.07, 6.45) is 0. The number of ether oxygens (including phenoxy) is 2. The van der Waals surface area contributed by atoms with Crippen LogP contribution in [0.2, 0.25) is 0 Å². The molecule has 6 nitrogen and oxygen atoms in total. The number of rotatable bonds is 3. The first-order valence-electron chi connectivity index (χ1n) is 9.73. The number of nitrogens with one attached hydrogen (secondary N) is 1. The van der Waals surface area contributed by atoms with Gasteiger partial charge in [-0.3, -0.25) is 9.59 Å². The number of thiophene rings is 1. The van der Waals surface area contributed by atoms with Crippen molar-refractivity contribution in [2.45, 2.75) is 12.0 Å². The fourth-order valence-corrected chi connectivity index (χ4v) is 5.02. The Kier molecular flexibility index (Phi) is 4.67. The molecule has 30 heavy (non-hydrogen) atoms. The minimum atomic E-state index is -0.532. The van der Waals surface area contributed by atoms with E-state index < -0.39 is 5.92 Å². The minimum absolute atomic E-state index is 0.0765. The first kappa shape index (κ1) is 18.7. The highest BCUT2D eigenvalue weighted by atomic mass is 32.1. The molecule has 1 aromatic heterocycles. The zero-order valence-electron chi connectivity index (χ0n) is 16.3. The highest BCUT2D eigenvalue weighted by Gasteiger charge is 2.43. The SMILES string of the molecule is CN1C(=O)c2ccccc2C(C(=O)Nc2ccc3c(c2)OCCO3)C1c1cccs1. The van der Waals surface area contributed by atoms with E-state index in [1.54, 1.807) is 47.5 Å². The first-order valence-corrected chi connectivity index (χ1v) is 10.6. The average molecular weight is 420 g/mol. The summed E-state index contributed by atoms with van der Waals surface area (Å²) in [6, 6.07) is 16.3. The van der Waals surface area contributed by atoms with Gasteiger partial charge in [0.2, 0.25) is 5.91 Å². The van der Waals surface area contributed by atoms with Gasteiger partial charge in [0.1, 0.15) is 13.2 Å². The largest absolute Gasteiger partial charge is 0.486 e. The number of hydrogen-bond donors (Lipinski definition) is 1. The van der Waals surface area contributed by atoms with Crippen LogP contribution < -0.4 is 14.8 Å². The summed E-state index contributed by atoms with van der Waals surface area (Å²) in [5, 5.41) is 4.98. The number of nitrogens with zero attached hydrogens (tertiary/aromatic N) is 1. The Morgan fingerprint density at radius 3 is 2.67 bits per heavy atom. The predicted octanol–water partition coefficient (Wildman–Crippen LogP) is 4.07. The quantitative estimate of drug-likeness (QED) is 0.694. The molecule has 0 aliphatic carbocycles. The van der Waals surface area contributed by atoms with Gasteiger partial charge in [-0.05, 0) is 35.2 Å². The molecule has 3 aromatic rings. The van der Waals surface area contributed by atoms with Crippen LogP contribution in [0.5, 0.6) is 11.5 Å². The molecule has 0 radical (unpaired) electrons. The maximum atomic E-state index is 13.5. The Morgan fingerprint density at radius 2 is 1.87 bits per heavy atom. The van der Waals surface area contributed by atoms with E-state index in [0.717, 1.165) is 10.4 Å². The smallest absolute Gasteiger partial charge is 0.254 e. The van der Waals surface area contributed by atoms with Gasteiger partial charge in [-0.15, -0.1) is 11.3 Å². The predicted molar refractivity (Wildman–Crippen MR) is 114 cm³/mol. The lowest BCUT2D eigenvalue weighted by molar-refractivity contribution is -0.119. The van der Waals surface area contributed by atoms with E-state index in [-0.39, 0.29) is 17.9 Å². The molecule has 2 unspecified atom stereocenters. The van der Waals surface area contributed by atoms with Crippen LogP contribution in [0.4, 0.5) is 5.69 Å². The van der Waals surface area contributed by atoms with Crippen molar-refractivity contribution in [3.8, 4) is 11.5 Å². The fraction of sp³-hybridized carbons (Fsp3) is 0.217. The van der Waals surface area contributed by atoms with Gasteiger partial charge in [0.25, 0.3) is 5.91 Å². The molecule has 2 aliphatic rings. The average Bonchev–Trinajstić information content (AvgIpc) is 3.30. The Hall–Kier alpha value is -3.32. The number of amides is 2. The zero-order valence-corrected chi connectivity index (χ0v) is 17.1. The number of carbonyl (C=O) groups excluding carboxylic acids is 2. The highest BCUT2D eigenvalue weighted by Crippen LogP contribution is 2.44. The Bertz CT molecular complexity index is 1110. The molecule has 0 spiro atoms. The first-order chi connectivity index (χ1) is 14.6. The molecule has 152 valence electrons. The molecular formula is C23H20N2O4S. The van der Waals surface area contributed by atoms with Crippen molar-refractivity contribution in [3.63, 3.8) is 0 Å². The lowest BCUT2D eigenvalue weighted by Gasteiger charge is -2.39. The van der Waals surface area contributed by atoms with E-state index in [4.69, 9.17) is 9.47 Å². The summed E-state index contributed by atoms with van der Waals surface area (Å²) in [7, 11) is 1.76. The Morgan fingerprint density at radius 1 is 1.07 bits per heavy atom. The van der Waals surface area contributed by atoms with Crippen molar-refractivity contribution in [2.24, 2.45) is 0 Å². The topological polar surface area (TPSA) is 67.9 Å². The van der Waals surface area contributed by atoms with Crippen LogP contribution in [0.15, 0.2) is 60.0 Å². The van der Waals surface area contributed by atoms with Gasteiger partial charge in [0, 0.05) is 29.2 Å². The number of hydrogen-bond acceptors (Lipinski definition) is 5. The fourth-order valence-electron chi connectivity index (χ4n) is 4.11. The Balaban J connectivity index is 1.53. The van der Waals surface area contributed by atoms with E-state index in [0.29, 0.717) is 36.0 Å². The summed E-state index contributed by atoms with van der Waals surface area (Å²) in [4.78, 5) is 29.2. The number of likely N-dealkylation sites (N-methyl/N-ethyl adjacent to an activating group) is 1. The summed E-state index contributed by atoms with van der Waals surface area (Å²) in [5.41, 5.74) is 1.94. The van der Waals surface area contributed by atoms with Crippen LogP contribution in [-0.4, -0.2) is 37.0 Å². The summed E-state index contributed by atoms with van der Waals surface area (Å²) in [5.74, 6) is 0.509. The van der Waals surface area contributed by atoms with Crippen molar-refractivity contribution in [3.05, 3.63) is 76.0 Å². The number of benzene rings is 2. The lowest BCUT2D eigenvalue weighted by Crippen LogP contribution is -2.43. The number of anilines is 1. The van der Waals surface area contributed by atoms with E-state index in [1.165, 1.54) is 0 Å². The molecule has 0 saturated heterocycles. The maximum Gasteiger partial charge on any atom is 0.254 e. The third-order valence-electron chi connectivity index (χ3n) is 5.51. The third-order valence-corrected chi connectivity index (χ3v) is 6.45. The third kappa shape index (κ3) is 3.11. The lowest BCUT2D eigenvalue weighted by atomic mass is 9.81. The van der Waals surface area contributed by atoms with E-state index >= 15 is 0 Å². The second kappa shape index (κ2) is 7.50. The van der Waals surface area contributed by atoms with Gasteiger partial charge >= 0.3 is 0 Å². The van der Waals surface area contributed by atoms with Crippen molar-refractivity contribution < 1.29 is 19.1 Å². The summed E-state index contributed by atoms with van der Waals surface area (Å²) >= 11 is 1.55. The van der Waals surface area contributed by atoms with Crippen LogP contribution >= 0.6 is 11.3 Å². The molecule has 0 bridgehead atoms. The molecule has 2 amide bonds. The van der Waals surface area contributed by atoms with Gasteiger partial charge in [-0.1, -0.05) is 24.3 Å². The van der Waals surface area contributed by atoms with Crippen LogP contribution in [0.1, 0.15) is 32.8 Å². The standard InChI is InChI=1S/C23H20N2O4S/c1-25-21(19-7-4-12-30-19)20(15-5-2-3-6-16(15)23(25)27)22(26)24-14-8-9-17-18(13-14)29-11-10-28-17/h2-9,12-13,20-21H,10-11H2,1H3,(H,24,26). The van der Waals surface area contributed by atoms with Crippen molar-refractivity contribution in [1.29, 1.82) is 0 Å². The molecule has 2 aromatic carbocycles. The van der Waals surface area contributed by atoms with Gasteiger partial charge in [0.15, 0.2) is 11.5 Å². The Labute approximate surface area is 178 Å². The summed E-state index contributed by atoms with van der Waals surface area (Å²) < 4.78 is 11.2. The van der Waals surface area contributed by atoms with Crippen molar-refractivity contribution in [2.75, 3.05) is 25.6 Å². The van der Waals surface area contributed by atoms with Gasteiger partial charge in [-0.25, -0.2) is 0 Å². The second-order valence-corrected chi connectivity index (χ2v) is 8.27. The van der Waals surface area contributed by atoms with Crippen molar-refractivity contribution in [1.82, 2.24) is 4.90 Å². The second-order valence-electron chi connectivity index (χ2n) is 7.29. The van der Waals surface area contributed by atoms with Crippen LogP contribution in [-0.2, 0) is 4.79 Å². The monoisotopic (exact) mass is 420 g/mol. The molecule has 0 saturated carbocycles. The minimum Gasteiger partial charge on any atom is -0.486 e. The zero-order chi connectivity index (χ0) is 20.7. The summed E-state index contributed by atoms with van der Waals surface area (Å²) in [6.45, 7) is 0.994. The molecule has 2 aliphatic heterocycles. The molecular weight excluding hydrogens is 400 g/mol. The molecule has 0 fully saturated rings. The van der Waals surface area contributed by atoms with Gasteiger partial charge in [-0.2, -0.15) is 0 Å². The van der Waals surface area contributed by atoms with Crippen LogP contribution in [0, 0.1) is 0 Å². The van der Waals surface area contributed by atoms with E-state index in [9.17, 15) is 9.59 Å². The van der Waals surface area contributed by atoms with Gasteiger partial charge in [0.05, 0.1) is 12.0 Å².